The highest BCUT2D eigenvalue weighted by Crippen LogP contribution is 2.01. The molecule has 0 aromatic carbocycles. The summed E-state index contributed by atoms with van der Waals surface area (Å²) in [5, 5.41) is 6.54. The maximum Gasteiger partial charge on any atom is 0.190 e. The first-order chi connectivity index (χ1) is 11.4. The van der Waals surface area contributed by atoms with E-state index in [2.05, 4.69) is 20.6 Å². The van der Waals surface area contributed by atoms with Crippen LogP contribution in [0.25, 0.3) is 0 Å². The molecule has 0 atom stereocenters. The third-order valence-electron chi connectivity index (χ3n) is 3.21. The van der Waals surface area contributed by atoms with E-state index in [0.29, 0.717) is 13.2 Å². The largest absolute Gasteiger partial charge is 0.467 e. The Morgan fingerprint density at radius 1 is 1.21 bits per heavy atom. The molecule has 0 saturated carbocycles. The second kappa shape index (κ2) is 12.8. The van der Waals surface area contributed by atoms with E-state index >= 15 is 0 Å². The molecule has 0 radical (unpaired) electrons. The summed E-state index contributed by atoms with van der Waals surface area (Å²) in [6, 6.07) is 9.71. The summed E-state index contributed by atoms with van der Waals surface area (Å²) >= 11 is 0. The first-order valence-electron chi connectivity index (χ1n) is 7.83. The molecule has 0 spiro atoms. The maximum atomic E-state index is 5.53. The van der Waals surface area contributed by atoms with Gasteiger partial charge >= 0.3 is 0 Å². The molecule has 0 unspecified atom stereocenters. The smallest absolute Gasteiger partial charge is 0.190 e. The molecule has 2 heterocycles. The van der Waals surface area contributed by atoms with Crippen molar-refractivity contribution < 1.29 is 9.15 Å². The molecule has 2 rings (SSSR count). The zero-order chi connectivity index (χ0) is 16.2. The Hall–Kier alpha value is -1.61. The average molecular weight is 444 g/mol. The van der Waals surface area contributed by atoms with Crippen LogP contribution in [0.15, 0.2) is 52.2 Å². The number of nitrogens with zero attached hydrogens (tertiary/aromatic N) is 2. The summed E-state index contributed by atoms with van der Waals surface area (Å²) < 4.78 is 10.7. The second-order valence-electron chi connectivity index (χ2n) is 4.98. The molecule has 2 N–H and O–H groups in total. The van der Waals surface area contributed by atoms with Crippen molar-refractivity contribution in [2.75, 3.05) is 26.7 Å². The average Bonchev–Trinajstić information content (AvgIpc) is 3.10. The minimum absolute atomic E-state index is 0. The van der Waals surface area contributed by atoms with E-state index < -0.39 is 0 Å². The van der Waals surface area contributed by atoms with Crippen molar-refractivity contribution >= 4 is 29.9 Å². The van der Waals surface area contributed by atoms with Gasteiger partial charge in [-0.15, -0.1) is 24.0 Å². The van der Waals surface area contributed by atoms with Crippen LogP contribution in [0.4, 0.5) is 0 Å². The zero-order valence-corrected chi connectivity index (χ0v) is 16.2. The lowest BCUT2D eigenvalue weighted by atomic mass is 10.3. The summed E-state index contributed by atoms with van der Waals surface area (Å²) in [6.07, 6.45) is 5.24. The molecule has 7 heteroatoms. The Morgan fingerprint density at radius 2 is 2.08 bits per heavy atom. The van der Waals surface area contributed by atoms with Gasteiger partial charge in [0.05, 0.1) is 6.26 Å². The Bertz CT molecular complexity index is 561. The molecule has 132 valence electrons. The predicted molar refractivity (Wildman–Crippen MR) is 106 cm³/mol. The molecular formula is C17H25IN4O2. The summed E-state index contributed by atoms with van der Waals surface area (Å²) in [5.74, 6) is 1.65. The first kappa shape index (κ1) is 20.4. The number of ether oxygens (including phenoxy) is 1. The minimum atomic E-state index is 0. The quantitative estimate of drug-likeness (QED) is 0.269. The number of hydrogen-bond donors (Lipinski definition) is 2. The number of guanidine groups is 1. The fourth-order valence-corrected chi connectivity index (χ4v) is 2.02. The number of pyridine rings is 1. The fourth-order valence-electron chi connectivity index (χ4n) is 2.02. The van der Waals surface area contributed by atoms with Crippen molar-refractivity contribution in [3.05, 3.63) is 54.2 Å². The SMILES string of the molecule is CN=C(NCCCOCc1ccco1)NCCc1ccccn1.I. The zero-order valence-electron chi connectivity index (χ0n) is 13.9. The molecule has 0 amide bonds. The molecule has 0 aliphatic carbocycles. The fraction of sp³-hybridized carbons (Fsp3) is 0.412. The predicted octanol–water partition coefficient (Wildman–Crippen LogP) is 2.61. The van der Waals surface area contributed by atoms with Crippen molar-refractivity contribution in [3.8, 4) is 0 Å². The van der Waals surface area contributed by atoms with Gasteiger partial charge in [-0.3, -0.25) is 9.98 Å². The van der Waals surface area contributed by atoms with Crippen molar-refractivity contribution in [3.63, 3.8) is 0 Å². The standard InChI is InChI=1S/C17H24N4O2.HI/c1-18-17(21-11-8-15-6-2-3-9-19-15)20-10-5-12-22-14-16-7-4-13-23-16;/h2-4,6-7,9,13H,5,8,10-12,14H2,1H3,(H2,18,20,21);1H. The molecule has 0 aliphatic rings. The monoisotopic (exact) mass is 444 g/mol. The first-order valence-corrected chi connectivity index (χ1v) is 7.83. The summed E-state index contributed by atoms with van der Waals surface area (Å²) in [4.78, 5) is 8.49. The van der Waals surface area contributed by atoms with Crippen LogP contribution in [0.1, 0.15) is 17.9 Å². The molecule has 24 heavy (non-hydrogen) atoms. The number of halogens is 1. The highest BCUT2D eigenvalue weighted by Gasteiger charge is 1.99. The van der Waals surface area contributed by atoms with Gasteiger partial charge in [0.1, 0.15) is 12.4 Å². The normalized spacial score (nSPS) is 11.0. The summed E-state index contributed by atoms with van der Waals surface area (Å²) in [7, 11) is 1.77. The van der Waals surface area contributed by atoms with Crippen molar-refractivity contribution in [1.29, 1.82) is 0 Å². The van der Waals surface area contributed by atoms with Gasteiger partial charge in [0.15, 0.2) is 5.96 Å². The number of nitrogens with one attached hydrogen (secondary N) is 2. The molecule has 0 saturated heterocycles. The van der Waals surface area contributed by atoms with E-state index in [-0.39, 0.29) is 24.0 Å². The van der Waals surface area contributed by atoms with Crippen LogP contribution in [0.5, 0.6) is 0 Å². The van der Waals surface area contributed by atoms with Gasteiger partial charge in [-0.2, -0.15) is 0 Å². The minimum Gasteiger partial charge on any atom is -0.467 e. The molecule has 6 nitrogen and oxygen atoms in total. The number of aromatic nitrogens is 1. The molecule has 2 aromatic heterocycles. The van der Waals surface area contributed by atoms with Crippen molar-refractivity contribution in [2.24, 2.45) is 4.99 Å². The Kier molecular flexibility index (Phi) is 10.9. The Balaban J connectivity index is 0.00000288. The summed E-state index contributed by atoms with van der Waals surface area (Å²) in [5.41, 5.74) is 1.07. The van der Waals surface area contributed by atoms with Crippen LogP contribution in [0.3, 0.4) is 0 Å². The van der Waals surface area contributed by atoms with Crippen LogP contribution in [-0.4, -0.2) is 37.7 Å². The lowest BCUT2D eigenvalue weighted by Crippen LogP contribution is -2.39. The van der Waals surface area contributed by atoms with E-state index in [9.17, 15) is 0 Å². The van der Waals surface area contributed by atoms with E-state index in [4.69, 9.17) is 9.15 Å². The van der Waals surface area contributed by atoms with Crippen LogP contribution in [0, 0.1) is 0 Å². The topological polar surface area (TPSA) is 71.7 Å². The van der Waals surface area contributed by atoms with Gasteiger partial charge in [-0.05, 0) is 30.7 Å². The summed E-state index contributed by atoms with van der Waals surface area (Å²) in [6.45, 7) is 2.80. The van der Waals surface area contributed by atoms with E-state index in [1.54, 1.807) is 13.3 Å². The van der Waals surface area contributed by atoms with Crippen LogP contribution < -0.4 is 10.6 Å². The number of hydrogen-bond acceptors (Lipinski definition) is 4. The van der Waals surface area contributed by atoms with Crippen LogP contribution >= 0.6 is 24.0 Å². The number of furan rings is 1. The van der Waals surface area contributed by atoms with E-state index in [1.165, 1.54) is 0 Å². The van der Waals surface area contributed by atoms with Crippen molar-refractivity contribution in [2.45, 2.75) is 19.4 Å². The third kappa shape index (κ3) is 8.30. The lowest BCUT2D eigenvalue weighted by molar-refractivity contribution is 0.105. The van der Waals surface area contributed by atoms with Gasteiger partial charge in [0.2, 0.25) is 0 Å². The molecular weight excluding hydrogens is 419 g/mol. The van der Waals surface area contributed by atoms with Gasteiger partial charge in [0.25, 0.3) is 0 Å². The van der Waals surface area contributed by atoms with Gasteiger partial charge in [0, 0.05) is 45.1 Å². The number of aliphatic imine (C=N–C) groups is 1. The molecule has 0 fully saturated rings. The Morgan fingerprint density at radius 3 is 2.79 bits per heavy atom. The second-order valence-corrected chi connectivity index (χ2v) is 4.98. The highest BCUT2D eigenvalue weighted by molar-refractivity contribution is 14.0. The molecule has 0 bridgehead atoms. The van der Waals surface area contributed by atoms with Gasteiger partial charge < -0.3 is 19.8 Å². The molecule has 0 aliphatic heterocycles. The van der Waals surface area contributed by atoms with E-state index in [0.717, 1.165) is 43.3 Å². The Labute approximate surface area is 160 Å². The highest BCUT2D eigenvalue weighted by atomic mass is 127. The van der Waals surface area contributed by atoms with Gasteiger partial charge in [-0.25, -0.2) is 0 Å². The van der Waals surface area contributed by atoms with Gasteiger partial charge in [-0.1, -0.05) is 6.07 Å². The number of rotatable bonds is 9. The van der Waals surface area contributed by atoms with Crippen LogP contribution in [0.2, 0.25) is 0 Å². The van der Waals surface area contributed by atoms with Crippen molar-refractivity contribution in [1.82, 2.24) is 15.6 Å². The van der Waals surface area contributed by atoms with Crippen LogP contribution in [-0.2, 0) is 17.8 Å². The molecule has 2 aromatic rings. The lowest BCUT2D eigenvalue weighted by Gasteiger charge is -2.11. The third-order valence-corrected chi connectivity index (χ3v) is 3.21. The van der Waals surface area contributed by atoms with E-state index in [1.807, 2.05) is 36.5 Å². The maximum absolute atomic E-state index is 5.53.